The number of para-hydroxylation sites is 2. The molecule has 1 aromatic carbocycles. The van der Waals surface area contributed by atoms with Crippen LogP contribution in [0.5, 0.6) is 5.75 Å². The molecule has 0 unspecified atom stereocenters. The number of aromatic nitrogens is 2. The van der Waals surface area contributed by atoms with Gasteiger partial charge in [0.1, 0.15) is 5.75 Å². The fraction of sp³-hybridized carbons (Fsp3) is 0.381. The standard InChI is InChI=1S/C21H27N7O2S/c1-13-12-14(2)24-19(23-13)26-20(28-10-8-15(9-11-28)18(22)29)27-21(31)25-16-6-4-5-7-17(16)30-3/h4-7,12,15H,8-11H2,1-3H3,(H2,22,29)(H2,23,24,25,26,27,31). The number of ether oxygens (including phenoxy) is 1. The second-order valence-corrected chi connectivity index (χ2v) is 7.72. The summed E-state index contributed by atoms with van der Waals surface area (Å²) >= 11 is 5.49. The number of nitrogens with one attached hydrogen (secondary N) is 2. The maximum atomic E-state index is 11.5. The quantitative estimate of drug-likeness (QED) is 0.376. The van der Waals surface area contributed by atoms with Crippen LogP contribution in [0.1, 0.15) is 24.2 Å². The van der Waals surface area contributed by atoms with Gasteiger partial charge in [-0.2, -0.15) is 4.99 Å². The number of amides is 1. The molecule has 1 fully saturated rings. The van der Waals surface area contributed by atoms with Crippen molar-refractivity contribution < 1.29 is 9.53 Å². The topological polar surface area (TPSA) is 118 Å². The molecule has 1 aliphatic rings. The summed E-state index contributed by atoms with van der Waals surface area (Å²) in [7, 11) is 1.60. The first kappa shape index (κ1) is 22.4. The predicted molar refractivity (Wildman–Crippen MR) is 125 cm³/mol. The molecule has 4 N–H and O–H groups in total. The molecule has 164 valence electrons. The molecule has 0 radical (unpaired) electrons. The van der Waals surface area contributed by atoms with E-state index < -0.39 is 0 Å². The van der Waals surface area contributed by atoms with Crippen LogP contribution in [0, 0.1) is 19.8 Å². The number of aliphatic imine (C=N–C) groups is 1. The van der Waals surface area contributed by atoms with E-state index in [0.29, 0.717) is 49.3 Å². The lowest BCUT2D eigenvalue weighted by atomic mass is 9.96. The highest BCUT2D eigenvalue weighted by molar-refractivity contribution is 7.80. The zero-order valence-electron chi connectivity index (χ0n) is 17.9. The molecule has 1 amide bonds. The Balaban J connectivity index is 1.83. The van der Waals surface area contributed by atoms with Gasteiger partial charge < -0.3 is 20.7 Å². The number of carbonyl (C=O) groups excluding carboxylic acids is 1. The van der Waals surface area contributed by atoms with E-state index >= 15 is 0 Å². The summed E-state index contributed by atoms with van der Waals surface area (Å²) in [6.07, 6.45) is 1.30. The number of anilines is 2. The third kappa shape index (κ3) is 6.11. The molecule has 9 nitrogen and oxygen atoms in total. The van der Waals surface area contributed by atoms with Gasteiger partial charge in [0.2, 0.25) is 22.9 Å². The lowest BCUT2D eigenvalue weighted by molar-refractivity contribution is -0.122. The van der Waals surface area contributed by atoms with Crippen molar-refractivity contribution in [2.75, 3.05) is 30.8 Å². The first-order chi connectivity index (χ1) is 14.9. The van der Waals surface area contributed by atoms with E-state index in [0.717, 1.165) is 11.4 Å². The van der Waals surface area contributed by atoms with Gasteiger partial charge in [-0.1, -0.05) is 12.1 Å². The lowest BCUT2D eigenvalue weighted by Gasteiger charge is -2.32. The van der Waals surface area contributed by atoms with Crippen LogP contribution in [0.25, 0.3) is 0 Å². The zero-order chi connectivity index (χ0) is 22.4. The van der Waals surface area contributed by atoms with Gasteiger partial charge in [-0.15, -0.1) is 0 Å². The fourth-order valence-electron chi connectivity index (χ4n) is 3.42. The number of hydrogen-bond donors (Lipinski definition) is 3. The lowest BCUT2D eigenvalue weighted by Crippen LogP contribution is -2.45. The van der Waals surface area contributed by atoms with E-state index in [-0.39, 0.29) is 16.9 Å². The highest BCUT2D eigenvalue weighted by atomic mass is 32.1. The summed E-state index contributed by atoms with van der Waals surface area (Å²) in [5.41, 5.74) is 7.88. The van der Waals surface area contributed by atoms with Crippen molar-refractivity contribution in [3.05, 3.63) is 41.7 Å². The Bertz CT molecular complexity index is 967. The molecule has 1 saturated heterocycles. The number of primary amides is 1. The van der Waals surface area contributed by atoms with Crippen LogP contribution in [0.15, 0.2) is 35.3 Å². The average Bonchev–Trinajstić information content (AvgIpc) is 2.73. The van der Waals surface area contributed by atoms with Gasteiger partial charge in [-0.25, -0.2) is 9.97 Å². The highest BCUT2D eigenvalue weighted by Gasteiger charge is 2.26. The van der Waals surface area contributed by atoms with Crippen molar-refractivity contribution in [2.45, 2.75) is 26.7 Å². The van der Waals surface area contributed by atoms with Gasteiger partial charge in [0.15, 0.2) is 0 Å². The summed E-state index contributed by atoms with van der Waals surface area (Å²) in [5, 5.41) is 6.56. The second kappa shape index (κ2) is 10.2. The molecule has 10 heteroatoms. The van der Waals surface area contributed by atoms with Crippen molar-refractivity contribution >= 4 is 40.8 Å². The van der Waals surface area contributed by atoms with Crippen LogP contribution < -0.4 is 21.1 Å². The third-order valence-corrected chi connectivity index (χ3v) is 5.15. The number of aryl methyl sites for hydroxylation is 2. The normalized spacial score (nSPS) is 14.8. The van der Waals surface area contributed by atoms with E-state index in [2.05, 4.69) is 25.6 Å². The van der Waals surface area contributed by atoms with Gasteiger partial charge in [-0.05, 0) is 57.1 Å². The van der Waals surface area contributed by atoms with Crippen molar-refractivity contribution in [1.82, 2.24) is 14.9 Å². The molecule has 2 heterocycles. The van der Waals surface area contributed by atoms with Crippen LogP contribution in [-0.4, -0.2) is 52.0 Å². The summed E-state index contributed by atoms with van der Waals surface area (Å²) < 4.78 is 5.36. The number of guanidine groups is 1. The van der Waals surface area contributed by atoms with Crippen LogP contribution in [0.2, 0.25) is 0 Å². The van der Waals surface area contributed by atoms with E-state index in [1.165, 1.54) is 0 Å². The Kier molecular flexibility index (Phi) is 7.35. The van der Waals surface area contributed by atoms with Crippen LogP contribution in [0.3, 0.4) is 0 Å². The van der Waals surface area contributed by atoms with Gasteiger partial charge in [0.05, 0.1) is 12.8 Å². The summed E-state index contributed by atoms with van der Waals surface area (Å²) in [5.74, 6) is 1.22. The molecule has 1 aliphatic heterocycles. The van der Waals surface area contributed by atoms with Crippen molar-refractivity contribution in [1.29, 1.82) is 0 Å². The summed E-state index contributed by atoms with van der Waals surface area (Å²) in [4.78, 5) is 27.0. The maximum absolute atomic E-state index is 11.5. The highest BCUT2D eigenvalue weighted by Crippen LogP contribution is 2.23. The molecule has 0 aliphatic carbocycles. The van der Waals surface area contributed by atoms with Gasteiger partial charge in [0, 0.05) is 30.4 Å². The summed E-state index contributed by atoms with van der Waals surface area (Å²) in [6, 6.07) is 9.36. The maximum Gasteiger partial charge on any atom is 0.229 e. The number of methoxy groups -OCH3 is 1. The monoisotopic (exact) mass is 441 g/mol. The minimum atomic E-state index is -0.267. The summed E-state index contributed by atoms with van der Waals surface area (Å²) in [6.45, 7) is 5.04. The van der Waals surface area contributed by atoms with E-state index in [9.17, 15) is 4.79 Å². The number of hydrogen-bond acceptors (Lipinski definition) is 5. The minimum absolute atomic E-state index is 0.131. The van der Waals surface area contributed by atoms with Crippen molar-refractivity contribution in [3.8, 4) is 5.75 Å². The first-order valence-corrected chi connectivity index (χ1v) is 10.4. The Morgan fingerprint density at radius 1 is 1.19 bits per heavy atom. The predicted octanol–water partition coefficient (Wildman–Crippen LogP) is 2.46. The molecular formula is C21H27N7O2S. The van der Waals surface area contributed by atoms with Gasteiger partial charge >= 0.3 is 0 Å². The smallest absolute Gasteiger partial charge is 0.229 e. The average molecular weight is 442 g/mol. The Hall–Kier alpha value is -3.27. The van der Waals surface area contributed by atoms with Crippen LogP contribution in [0.4, 0.5) is 11.6 Å². The van der Waals surface area contributed by atoms with E-state index in [1.807, 2.05) is 49.1 Å². The number of benzene rings is 1. The Labute approximate surface area is 187 Å². The molecular weight excluding hydrogens is 414 g/mol. The third-order valence-electron chi connectivity index (χ3n) is 4.96. The SMILES string of the molecule is COc1ccccc1NC(=S)/N=C(/Nc1nc(C)cc(C)n1)N1CCC(C(N)=O)CC1. The number of piperidine rings is 1. The number of carbonyl (C=O) groups is 1. The van der Waals surface area contributed by atoms with Crippen molar-refractivity contribution in [3.63, 3.8) is 0 Å². The number of thiocarbonyl (C=S) groups is 1. The van der Waals surface area contributed by atoms with E-state index in [4.69, 9.17) is 22.7 Å². The fourth-order valence-corrected chi connectivity index (χ4v) is 3.62. The zero-order valence-corrected chi connectivity index (χ0v) is 18.7. The largest absolute Gasteiger partial charge is 0.495 e. The molecule has 3 rings (SSSR count). The van der Waals surface area contributed by atoms with Gasteiger partial charge in [-0.3, -0.25) is 10.1 Å². The molecule has 0 spiro atoms. The number of nitrogens with zero attached hydrogens (tertiary/aromatic N) is 4. The van der Waals surface area contributed by atoms with E-state index in [1.54, 1.807) is 7.11 Å². The van der Waals surface area contributed by atoms with Crippen LogP contribution >= 0.6 is 12.2 Å². The minimum Gasteiger partial charge on any atom is -0.495 e. The second-order valence-electron chi connectivity index (χ2n) is 7.33. The molecule has 31 heavy (non-hydrogen) atoms. The molecule has 0 bridgehead atoms. The molecule has 2 aromatic rings. The Morgan fingerprint density at radius 2 is 1.84 bits per heavy atom. The molecule has 0 atom stereocenters. The molecule has 0 saturated carbocycles. The molecule has 1 aromatic heterocycles. The van der Waals surface area contributed by atoms with Gasteiger partial charge in [0.25, 0.3) is 0 Å². The van der Waals surface area contributed by atoms with Crippen LogP contribution in [-0.2, 0) is 4.79 Å². The first-order valence-electron chi connectivity index (χ1n) is 10.0. The van der Waals surface area contributed by atoms with Crippen molar-refractivity contribution in [2.24, 2.45) is 16.6 Å². The number of rotatable bonds is 4. The Morgan fingerprint density at radius 3 is 2.45 bits per heavy atom. The number of likely N-dealkylation sites (tertiary alicyclic amines) is 1. The number of nitrogens with two attached hydrogens (primary N) is 1.